The van der Waals surface area contributed by atoms with Crippen LogP contribution in [0.25, 0.3) is 0 Å². The van der Waals surface area contributed by atoms with Crippen LogP contribution in [0, 0.1) is 0 Å². The number of Topliss-reactive ketones (excluding diaryl/α,β-unsaturated/α-hetero) is 1. The third-order valence-electron chi connectivity index (χ3n) is 2.20. The van der Waals surface area contributed by atoms with E-state index in [0.29, 0.717) is 11.3 Å². The van der Waals surface area contributed by atoms with Crippen molar-refractivity contribution < 1.29 is 14.1 Å². The Bertz CT molecular complexity index is 312. The lowest BCUT2D eigenvalue weighted by Gasteiger charge is -2.05. The highest BCUT2D eigenvalue weighted by Gasteiger charge is 2.26. The molecule has 4 heteroatoms. The van der Waals surface area contributed by atoms with Gasteiger partial charge >= 0.3 is 0 Å². The van der Waals surface area contributed by atoms with Crippen LogP contribution in [0.2, 0.25) is 0 Å². The summed E-state index contributed by atoms with van der Waals surface area (Å²) >= 11 is 0. The summed E-state index contributed by atoms with van der Waals surface area (Å²) in [5, 5.41) is 3.61. The van der Waals surface area contributed by atoms with Crippen molar-refractivity contribution in [3.63, 3.8) is 0 Å². The molecule has 70 valence electrons. The van der Waals surface area contributed by atoms with Crippen molar-refractivity contribution in [1.82, 2.24) is 5.16 Å². The number of hydrogen-bond donors (Lipinski definition) is 0. The van der Waals surface area contributed by atoms with Crippen LogP contribution in [-0.2, 0) is 4.74 Å². The molecular formula is C9H11NO3. The van der Waals surface area contributed by atoms with E-state index in [2.05, 4.69) is 5.16 Å². The van der Waals surface area contributed by atoms with Gasteiger partial charge in [0.15, 0.2) is 11.5 Å². The first-order valence-electron chi connectivity index (χ1n) is 4.36. The average molecular weight is 181 g/mol. The van der Waals surface area contributed by atoms with Crippen LogP contribution in [-0.4, -0.2) is 17.5 Å². The van der Waals surface area contributed by atoms with Crippen LogP contribution in [0.1, 0.15) is 42.0 Å². The van der Waals surface area contributed by atoms with Gasteiger partial charge in [0.2, 0.25) is 0 Å². The van der Waals surface area contributed by atoms with Crippen LogP contribution in [0.5, 0.6) is 0 Å². The normalized spacial score (nSPS) is 22.1. The largest absolute Gasteiger partial charge is 0.370 e. The van der Waals surface area contributed by atoms with Gasteiger partial charge < -0.3 is 9.26 Å². The van der Waals surface area contributed by atoms with Gasteiger partial charge in [-0.15, -0.1) is 0 Å². The molecule has 0 amide bonds. The Balaban J connectivity index is 2.28. The van der Waals surface area contributed by atoms with Crippen molar-refractivity contribution in [3.8, 4) is 0 Å². The van der Waals surface area contributed by atoms with Gasteiger partial charge in [-0.1, -0.05) is 5.16 Å². The van der Waals surface area contributed by atoms with Gasteiger partial charge in [0.25, 0.3) is 0 Å². The Kier molecular flexibility index (Phi) is 2.14. The maximum atomic E-state index is 11.1. The van der Waals surface area contributed by atoms with E-state index in [0.717, 1.165) is 19.4 Å². The molecule has 1 aliphatic heterocycles. The molecule has 2 rings (SSSR count). The highest BCUT2D eigenvalue weighted by Crippen LogP contribution is 2.30. The molecule has 0 aromatic carbocycles. The van der Waals surface area contributed by atoms with Gasteiger partial charge in [-0.05, 0) is 19.8 Å². The predicted octanol–water partition coefficient (Wildman–Crippen LogP) is 1.73. The number of nitrogens with zero attached hydrogens (tertiary/aromatic N) is 1. The SMILES string of the molecule is CC(=O)c1cnoc1C1CCCO1. The summed E-state index contributed by atoms with van der Waals surface area (Å²) in [5.74, 6) is 0.566. The highest BCUT2D eigenvalue weighted by atomic mass is 16.5. The Morgan fingerprint density at radius 2 is 2.54 bits per heavy atom. The Labute approximate surface area is 75.9 Å². The van der Waals surface area contributed by atoms with Crippen molar-refractivity contribution in [2.75, 3.05) is 6.61 Å². The fraction of sp³-hybridized carbons (Fsp3) is 0.556. The molecular weight excluding hydrogens is 170 g/mol. The fourth-order valence-electron chi connectivity index (χ4n) is 1.53. The molecule has 0 bridgehead atoms. The van der Waals surface area contributed by atoms with Gasteiger partial charge in [0.1, 0.15) is 6.10 Å². The van der Waals surface area contributed by atoms with Crippen molar-refractivity contribution in [1.29, 1.82) is 0 Å². The summed E-state index contributed by atoms with van der Waals surface area (Å²) in [7, 11) is 0. The quantitative estimate of drug-likeness (QED) is 0.652. The molecule has 0 aliphatic carbocycles. The monoisotopic (exact) mass is 181 g/mol. The third-order valence-corrected chi connectivity index (χ3v) is 2.20. The molecule has 0 saturated carbocycles. The topological polar surface area (TPSA) is 52.3 Å². The Hall–Kier alpha value is -1.16. The first-order valence-corrected chi connectivity index (χ1v) is 4.36. The fourth-order valence-corrected chi connectivity index (χ4v) is 1.53. The zero-order chi connectivity index (χ0) is 9.26. The van der Waals surface area contributed by atoms with E-state index in [-0.39, 0.29) is 11.9 Å². The van der Waals surface area contributed by atoms with E-state index in [1.165, 1.54) is 13.1 Å². The maximum Gasteiger partial charge on any atom is 0.176 e. The van der Waals surface area contributed by atoms with Crippen molar-refractivity contribution in [3.05, 3.63) is 17.5 Å². The third kappa shape index (κ3) is 1.49. The van der Waals surface area contributed by atoms with Gasteiger partial charge in [0, 0.05) is 6.61 Å². The number of carbonyl (C=O) groups excluding carboxylic acids is 1. The minimum absolute atomic E-state index is 0.0215. The van der Waals surface area contributed by atoms with Crippen molar-refractivity contribution in [2.24, 2.45) is 0 Å². The molecule has 1 aromatic heterocycles. The zero-order valence-corrected chi connectivity index (χ0v) is 7.45. The maximum absolute atomic E-state index is 11.1. The van der Waals surface area contributed by atoms with E-state index in [4.69, 9.17) is 9.26 Å². The molecule has 4 nitrogen and oxygen atoms in total. The summed E-state index contributed by atoms with van der Waals surface area (Å²) in [6, 6.07) is 0. The molecule has 1 atom stereocenters. The summed E-state index contributed by atoms with van der Waals surface area (Å²) in [6.07, 6.45) is 3.32. The van der Waals surface area contributed by atoms with E-state index >= 15 is 0 Å². The van der Waals surface area contributed by atoms with Gasteiger partial charge in [-0.3, -0.25) is 4.79 Å². The van der Waals surface area contributed by atoms with Gasteiger partial charge in [-0.2, -0.15) is 0 Å². The van der Waals surface area contributed by atoms with E-state index < -0.39 is 0 Å². The summed E-state index contributed by atoms with van der Waals surface area (Å²) < 4.78 is 10.4. The number of ketones is 1. The molecule has 1 fully saturated rings. The predicted molar refractivity (Wildman–Crippen MR) is 44.4 cm³/mol. The van der Waals surface area contributed by atoms with Crippen LogP contribution in [0.4, 0.5) is 0 Å². The molecule has 1 aliphatic rings. The molecule has 13 heavy (non-hydrogen) atoms. The van der Waals surface area contributed by atoms with Crippen LogP contribution in [0.15, 0.2) is 10.7 Å². The van der Waals surface area contributed by atoms with Crippen molar-refractivity contribution in [2.45, 2.75) is 25.9 Å². The lowest BCUT2D eigenvalue weighted by Crippen LogP contribution is -2.01. The lowest BCUT2D eigenvalue weighted by molar-refractivity contribution is 0.0843. The summed E-state index contributed by atoms with van der Waals surface area (Å²) in [4.78, 5) is 11.1. The van der Waals surface area contributed by atoms with Crippen LogP contribution < -0.4 is 0 Å². The van der Waals surface area contributed by atoms with E-state index in [1.54, 1.807) is 0 Å². The number of hydrogen-bond acceptors (Lipinski definition) is 4. The molecule has 1 saturated heterocycles. The number of aromatic nitrogens is 1. The second kappa shape index (κ2) is 3.30. The number of rotatable bonds is 2. The van der Waals surface area contributed by atoms with Gasteiger partial charge in [-0.25, -0.2) is 0 Å². The summed E-state index contributed by atoms with van der Waals surface area (Å²) in [6.45, 7) is 2.24. The minimum atomic E-state index is -0.0681. The number of carbonyl (C=O) groups is 1. The molecule has 2 heterocycles. The minimum Gasteiger partial charge on any atom is -0.370 e. The Morgan fingerprint density at radius 1 is 1.69 bits per heavy atom. The van der Waals surface area contributed by atoms with Crippen LogP contribution >= 0.6 is 0 Å². The van der Waals surface area contributed by atoms with E-state index in [9.17, 15) is 4.79 Å². The zero-order valence-electron chi connectivity index (χ0n) is 7.45. The lowest BCUT2D eigenvalue weighted by atomic mass is 10.1. The first kappa shape index (κ1) is 8.44. The second-order valence-electron chi connectivity index (χ2n) is 3.16. The highest BCUT2D eigenvalue weighted by molar-refractivity contribution is 5.94. The standard InChI is InChI=1S/C9H11NO3/c1-6(11)7-5-10-13-9(7)8-3-2-4-12-8/h5,8H,2-4H2,1H3. The Morgan fingerprint density at radius 3 is 3.15 bits per heavy atom. The molecule has 0 N–H and O–H groups in total. The summed E-state index contributed by atoms with van der Waals surface area (Å²) in [5.41, 5.74) is 0.548. The average Bonchev–Trinajstić information content (AvgIpc) is 2.74. The van der Waals surface area contributed by atoms with E-state index in [1.807, 2.05) is 0 Å². The molecule has 1 aromatic rings. The van der Waals surface area contributed by atoms with Crippen LogP contribution in [0.3, 0.4) is 0 Å². The molecule has 0 radical (unpaired) electrons. The van der Waals surface area contributed by atoms with Gasteiger partial charge in [0.05, 0.1) is 11.8 Å². The number of ether oxygens (including phenoxy) is 1. The molecule has 1 unspecified atom stereocenters. The first-order chi connectivity index (χ1) is 6.29. The second-order valence-corrected chi connectivity index (χ2v) is 3.16. The van der Waals surface area contributed by atoms with Crippen molar-refractivity contribution >= 4 is 5.78 Å². The molecule has 0 spiro atoms. The smallest absolute Gasteiger partial charge is 0.176 e.